The third-order valence-electron chi connectivity index (χ3n) is 2.94. The van der Waals surface area contributed by atoms with Crippen LogP contribution in [0.5, 0.6) is 0 Å². The van der Waals surface area contributed by atoms with Gasteiger partial charge in [-0.2, -0.15) is 0 Å². The number of amides is 1. The van der Waals surface area contributed by atoms with E-state index in [0.29, 0.717) is 13.2 Å². The maximum Gasteiger partial charge on any atom is 0.251 e. The van der Waals surface area contributed by atoms with E-state index in [2.05, 4.69) is 0 Å². The van der Waals surface area contributed by atoms with Crippen molar-refractivity contribution >= 4 is 5.91 Å². The monoisotopic (exact) mass is 199 g/mol. The Morgan fingerprint density at radius 3 is 2.79 bits per heavy atom. The first-order chi connectivity index (χ1) is 6.79. The van der Waals surface area contributed by atoms with Crippen molar-refractivity contribution in [2.45, 2.75) is 32.3 Å². The molecule has 4 nitrogen and oxygen atoms in total. The summed E-state index contributed by atoms with van der Waals surface area (Å²) in [5, 5.41) is 1.53. The van der Waals surface area contributed by atoms with Crippen LogP contribution in [-0.4, -0.2) is 36.8 Å². The summed E-state index contributed by atoms with van der Waals surface area (Å²) in [5.74, 6) is 0.114. The Morgan fingerprint density at radius 2 is 2.21 bits per heavy atom. The standard InChI is InChI=1S/C10H17NO3/c1-8-9(4-7-13-8)10(12)11-5-2-3-6-14-11/h8-9H,2-7H2,1H3. The molecule has 0 aromatic carbocycles. The molecule has 2 unspecified atom stereocenters. The molecule has 0 aromatic rings. The zero-order chi connectivity index (χ0) is 9.97. The lowest BCUT2D eigenvalue weighted by molar-refractivity contribution is -0.202. The molecule has 0 saturated carbocycles. The second-order valence-electron chi connectivity index (χ2n) is 3.95. The van der Waals surface area contributed by atoms with Gasteiger partial charge in [0.05, 0.1) is 18.6 Å². The minimum absolute atomic E-state index is 0.00750. The van der Waals surface area contributed by atoms with Crippen LogP contribution in [0, 0.1) is 5.92 Å². The molecule has 2 heterocycles. The van der Waals surface area contributed by atoms with Crippen LogP contribution in [0.25, 0.3) is 0 Å². The fourth-order valence-electron chi connectivity index (χ4n) is 2.01. The summed E-state index contributed by atoms with van der Waals surface area (Å²) in [6.07, 6.45) is 2.99. The van der Waals surface area contributed by atoms with Crippen molar-refractivity contribution in [2.24, 2.45) is 5.92 Å². The number of carbonyl (C=O) groups is 1. The first-order valence-corrected chi connectivity index (χ1v) is 5.35. The molecule has 0 N–H and O–H groups in total. The Bertz CT molecular complexity index is 213. The number of rotatable bonds is 1. The highest BCUT2D eigenvalue weighted by Gasteiger charge is 2.34. The lowest BCUT2D eigenvalue weighted by Crippen LogP contribution is -2.41. The van der Waals surface area contributed by atoms with Crippen LogP contribution in [0.15, 0.2) is 0 Å². The highest BCUT2D eigenvalue weighted by Crippen LogP contribution is 2.23. The highest BCUT2D eigenvalue weighted by molar-refractivity contribution is 5.78. The zero-order valence-electron chi connectivity index (χ0n) is 8.57. The fourth-order valence-corrected chi connectivity index (χ4v) is 2.01. The van der Waals surface area contributed by atoms with E-state index < -0.39 is 0 Å². The predicted molar refractivity (Wildman–Crippen MR) is 50.4 cm³/mol. The van der Waals surface area contributed by atoms with E-state index in [1.165, 1.54) is 5.06 Å². The molecule has 2 aliphatic heterocycles. The molecule has 2 atom stereocenters. The molecule has 2 aliphatic rings. The van der Waals surface area contributed by atoms with Crippen molar-refractivity contribution in [2.75, 3.05) is 19.8 Å². The van der Waals surface area contributed by atoms with E-state index in [0.717, 1.165) is 25.8 Å². The molecule has 80 valence electrons. The van der Waals surface area contributed by atoms with Crippen molar-refractivity contribution in [3.63, 3.8) is 0 Å². The van der Waals surface area contributed by atoms with Crippen LogP contribution >= 0.6 is 0 Å². The topological polar surface area (TPSA) is 38.8 Å². The van der Waals surface area contributed by atoms with Crippen LogP contribution in [0.3, 0.4) is 0 Å². The molecule has 14 heavy (non-hydrogen) atoms. The van der Waals surface area contributed by atoms with Crippen LogP contribution < -0.4 is 0 Å². The van der Waals surface area contributed by atoms with Crippen LogP contribution in [-0.2, 0) is 14.4 Å². The van der Waals surface area contributed by atoms with Gasteiger partial charge in [0.2, 0.25) is 0 Å². The number of carbonyl (C=O) groups excluding carboxylic acids is 1. The van der Waals surface area contributed by atoms with Gasteiger partial charge in [-0.1, -0.05) is 0 Å². The molecule has 2 rings (SSSR count). The van der Waals surface area contributed by atoms with E-state index in [1.807, 2.05) is 6.92 Å². The Kier molecular flexibility index (Phi) is 3.03. The first-order valence-electron chi connectivity index (χ1n) is 5.35. The third kappa shape index (κ3) is 1.91. The van der Waals surface area contributed by atoms with Gasteiger partial charge < -0.3 is 4.74 Å². The summed E-state index contributed by atoms with van der Waals surface area (Å²) in [7, 11) is 0. The molecular weight excluding hydrogens is 182 g/mol. The molecule has 0 spiro atoms. The van der Waals surface area contributed by atoms with Crippen molar-refractivity contribution in [1.82, 2.24) is 5.06 Å². The Balaban J connectivity index is 1.92. The average molecular weight is 199 g/mol. The van der Waals surface area contributed by atoms with Gasteiger partial charge in [0, 0.05) is 13.2 Å². The minimum Gasteiger partial charge on any atom is -0.378 e. The van der Waals surface area contributed by atoms with Gasteiger partial charge in [-0.25, -0.2) is 5.06 Å². The van der Waals surface area contributed by atoms with Gasteiger partial charge in [0.15, 0.2) is 0 Å². The molecule has 0 bridgehead atoms. The third-order valence-corrected chi connectivity index (χ3v) is 2.94. The maximum absolute atomic E-state index is 11.9. The molecule has 0 aromatic heterocycles. The van der Waals surface area contributed by atoms with Gasteiger partial charge >= 0.3 is 0 Å². The molecule has 4 heteroatoms. The molecule has 0 radical (unpaired) electrons. The van der Waals surface area contributed by atoms with E-state index in [1.54, 1.807) is 0 Å². The Labute approximate surface area is 84.1 Å². The summed E-state index contributed by atoms with van der Waals surface area (Å²) < 4.78 is 5.37. The second kappa shape index (κ2) is 4.28. The number of hydrogen-bond donors (Lipinski definition) is 0. The summed E-state index contributed by atoms with van der Waals surface area (Å²) in [5.41, 5.74) is 0. The summed E-state index contributed by atoms with van der Waals surface area (Å²) in [6.45, 7) is 4.07. The highest BCUT2D eigenvalue weighted by atomic mass is 16.7. The molecule has 1 amide bonds. The first kappa shape index (κ1) is 9.93. The van der Waals surface area contributed by atoms with Gasteiger partial charge in [0.1, 0.15) is 0 Å². The number of hydroxylamine groups is 2. The van der Waals surface area contributed by atoms with Gasteiger partial charge in [-0.3, -0.25) is 9.63 Å². The summed E-state index contributed by atoms with van der Waals surface area (Å²) in [4.78, 5) is 17.3. The quantitative estimate of drug-likeness (QED) is 0.631. The largest absolute Gasteiger partial charge is 0.378 e. The van der Waals surface area contributed by atoms with Crippen molar-refractivity contribution in [3.05, 3.63) is 0 Å². The van der Waals surface area contributed by atoms with Gasteiger partial charge in [0.25, 0.3) is 5.91 Å². The number of ether oxygens (including phenoxy) is 1. The van der Waals surface area contributed by atoms with E-state index in [9.17, 15) is 4.79 Å². The minimum atomic E-state index is 0.00750. The van der Waals surface area contributed by atoms with Crippen LogP contribution in [0.2, 0.25) is 0 Å². The molecular formula is C10H17NO3. The fraction of sp³-hybridized carbons (Fsp3) is 0.900. The normalized spacial score (nSPS) is 33.4. The van der Waals surface area contributed by atoms with Crippen LogP contribution in [0.4, 0.5) is 0 Å². The average Bonchev–Trinajstić information content (AvgIpc) is 2.65. The SMILES string of the molecule is CC1OCCC1C(=O)N1CCCCO1. The Morgan fingerprint density at radius 1 is 1.36 bits per heavy atom. The maximum atomic E-state index is 11.9. The molecule has 0 aliphatic carbocycles. The van der Waals surface area contributed by atoms with Crippen LogP contribution in [0.1, 0.15) is 26.2 Å². The molecule has 2 saturated heterocycles. The van der Waals surface area contributed by atoms with E-state index in [-0.39, 0.29) is 17.9 Å². The summed E-state index contributed by atoms with van der Waals surface area (Å²) in [6, 6.07) is 0. The number of nitrogens with zero attached hydrogens (tertiary/aromatic N) is 1. The van der Waals surface area contributed by atoms with Gasteiger partial charge in [-0.15, -0.1) is 0 Å². The van der Waals surface area contributed by atoms with E-state index in [4.69, 9.17) is 9.57 Å². The van der Waals surface area contributed by atoms with E-state index >= 15 is 0 Å². The Hall–Kier alpha value is -0.610. The second-order valence-corrected chi connectivity index (χ2v) is 3.95. The lowest BCUT2D eigenvalue weighted by Gasteiger charge is -2.28. The summed E-state index contributed by atoms with van der Waals surface area (Å²) >= 11 is 0. The van der Waals surface area contributed by atoms with Crippen molar-refractivity contribution in [1.29, 1.82) is 0 Å². The number of hydrogen-bond acceptors (Lipinski definition) is 3. The molecule has 2 fully saturated rings. The zero-order valence-corrected chi connectivity index (χ0v) is 8.57. The van der Waals surface area contributed by atoms with Gasteiger partial charge in [-0.05, 0) is 26.2 Å². The smallest absolute Gasteiger partial charge is 0.251 e. The lowest BCUT2D eigenvalue weighted by atomic mass is 10.0. The predicted octanol–water partition coefficient (Wildman–Crippen LogP) is 0.965. The van der Waals surface area contributed by atoms with Crippen molar-refractivity contribution < 1.29 is 14.4 Å². The van der Waals surface area contributed by atoms with Crippen molar-refractivity contribution in [3.8, 4) is 0 Å².